The highest BCUT2D eigenvalue weighted by molar-refractivity contribution is 5.98. The summed E-state index contributed by atoms with van der Waals surface area (Å²) in [6.45, 7) is 3.33. The van der Waals surface area contributed by atoms with Crippen LogP contribution in [0.25, 0.3) is 10.9 Å². The van der Waals surface area contributed by atoms with Crippen LogP contribution < -0.4 is 5.32 Å². The number of hydrogen-bond acceptors (Lipinski definition) is 4. The Kier molecular flexibility index (Phi) is 4.63. The SMILES string of the molecule is O=C(NC[C@H]1CCN1C1CCOCC1)c1cc(F)c2ncccc2c1. The van der Waals surface area contributed by atoms with Gasteiger partial charge in [-0.3, -0.25) is 14.7 Å². The molecule has 1 amide bonds. The highest BCUT2D eigenvalue weighted by atomic mass is 19.1. The molecule has 0 aliphatic carbocycles. The fraction of sp³-hybridized carbons (Fsp3) is 0.474. The van der Waals surface area contributed by atoms with Crippen LogP contribution in [0, 0.1) is 5.82 Å². The van der Waals surface area contributed by atoms with Gasteiger partial charge in [0.15, 0.2) is 0 Å². The maximum absolute atomic E-state index is 14.1. The van der Waals surface area contributed by atoms with E-state index < -0.39 is 5.82 Å². The number of nitrogens with one attached hydrogen (secondary N) is 1. The molecule has 25 heavy (non-hydrogen) atoms. The van der Waals surface area contributed by atoms with Gasteiger partial charge in [-0.05, 0) is 37.5 Å². The second-order valence-corrected chi connectivity index (χ2v) is 6.77. The summed E-state index contributed by atoms with van der Waals surface area (Å²) >= 11 is 0. The summed E-state index contributed by atoms with van der Waals surface area (Å²) in [7, 11) is 0. The zero-order valence-corrected chi connectivity index (χ0v) is 14.1. The normalized spacial score (nSPS) is 21.9. The molecule has 0 radical (unpaired) electrons. The number of aromatic nitrogens is 1. The fourth-order valence-electron chi connectivity index (χ4n) is 3.77. The minimum Gasteiger partial charge on any atom is -0.381 e. The van der Waals surface area contributed by atoms with Crippen LogP contribution in [0.1, 0.15) is 29.6 Å². The first kappa shape index (κ1) is 16.4. The van der Waals surface area contributed by atoms with Crippen LogP contribution >= 0.6 is 0 Å². The van der Waals surface area contributed by atoms with Crippen LogP contribution in [0.2, 0.25) is 0 Å². The number of likely N-dealkylation sites (tertiary alicyclic amines) is 1. The Morgan fingerprint density at radius 1 is 1.32 bits per heavy atom. The predicted octanol–water partition coefficient (Wildman–Crippen LogP) is 2.36. The molecule has 2 aliphatic rings. The average Bonchev–Trinajstić information content (AvgIpc) is 2.61. The fourth-order valence-corrected chi connectivity index (χ4v) is 3.77. The molecule has 6 heteroatoms. The summed E-state index contributed by atoms with van der Waals surface area (Å²) in [6, 6.07) is 7.40. The quantitative estimate of drug-likeness (QED) is 0.926. The number of pyridine rings is 1. The third kappa shape index (κ3) is 3.37. The van der Waals surface area contributed by atoms with Crippen molar-refractivity contribution in [3.05, 3.63) is 41.8 Å². The van der Waals surface area contributed by atoms with Crippen LogP contribution in [0.3, 0.4) is 0 Å². The van der Waals surface area contributed by atoms with Crippen molar-refractivity contribution in [3.63, 3.8) is 0 Å². The van der Waals surface area contributed by atoms with E-state index in [1.807, 2.05) is 0 Å². The third-order valence-corrected chi connectivity index (χ3v) is 5.27. The lowest BCUT2D eigenvalue weighted by Crippen LogP contribution is -2.58. The van der Waals surface area contributed by atoms with Gasteiger partial charge in [0.2, 0.25) is 0 Å². The summed E-state index contributed by atoms with van der Waals surface area (Å²) in [4.78, 5) is 18.9. The van der Waals surface area contributed by atoms with Crippen molar-refractivity contribution in [2.75, 3.05) is 26.3 Å². The van der Waals surface area contributed by atoms with Gasteiger partial charge in [-0.15, -0.1) is 0 Å². The number of hydrogen-bond donors (Lipinski definition) is 1. The first-order valence-corrected chi connectivity index (χ1v) is 8.88. The minimum absolute atomic E-state index is 0.233. The molecule has 2 fully saturated rings. The molecule has 5 nitrogen and oxygen atoms in total. The molecule has 1 aromatic heterocycles. The smallest absolute Gasteiger partial charge is 0.251 e. The Balaban J connectivity index is 1.39. The van der Waals surface area contributed by atoms with Gasteiger partial charge >= 0.3 is 0 Å². The van der Waals surface area contributed by atoms with Gasteiger partial charge in [0, 0.05) is 55.5 Å². The topological polar surface area (TPSA) is 54.5 Å². The summed E-state index contributed by atoms with van der Waals surface area (Å²) < 4.78 is 19.5. The molecule has 3 heterocycles. The Bertz CT molecular complexity index is 776. The Labute approximate surface area is 146 Å². The first-order chi connectivity index (χ1) is 12.2. The van der Waals surface area contributed by atoms with Crippen molar-refractivity contribution in [2.24, 2.45) is 0 Å². The zero-order valence-electron chi connectivity index (χ0n) is 14.1. The Hall–Kier alpha value is -2.05. The summed E-state index contributed by atoms with van der Waals surface area (Å²) in [5.74, 6) is -0.695. The van der Waals surface area contributed by atoms with Gasteiger partial charge in [-0.25, -0.2) is 4.39 Å². The average molecular weight is 343 g/mol. The van der Waals surface area contributed by atoms with Gasteiger partial charge in [-0.1, -0.05) is 6.07 Å². The second-order valence-electron chi connectivity index (χ2n) is 6.77. The molecule has 1 atom stereocenters. The summed E-state index contributed by atoms with van der Waals surface area (Å²) in [5, 5.41) is 3.60. The summed E-state index contributed by atoms with van der Waals surface area (Å²) in [5.41, 5.74) is 0.638. The molecular weight excluding hydrogens is 321 g/mol. The van der Waals surface area contributed by atoms with Crippen molar-refractivity contribution >= 4 is 16.8 Å². The first-order valence-electron chi connectivity index (χ1n) is 8.88. The predicted molar refractivity (Wildman–Crippen MR) is 93.0 cm³/mol. The van der Waals surface area contributed by atoms with E-state index in [0.29, 0.717) is 35.1 Å². The van der Waals surface area contributed by atoms with Crippen LogP contribution in [0.4, 0.5) is 4.39 Å². The molecule has 1 N–H and O–H groups in total. The number of rotatable bonds is 4. The lowest BCUT2D eigenvalue weighted by molar-refractivity contribution is -0.0222. The Morgan fingerprint density at radius 3 is 2.92 bits per heavy atom. The van der Waals surface area contributed by atoms with Crippen LogP contribution in [-0.4, -0.2) is 54.2 Å². The highest BCUT2D eigenvalue weighted by Crippen LogP contribution is 2.26. The Morgan fingerprint density at radius 2 is 2.16 bits per heavy atom. The highest BCUT2D eigenvalue weighted by Gasteiger charge is 2.34. The standard InChI is InChI=1S/C19H22FN3O2/c20-17-11-14(10-13-2-1-6-21-18(13)17)19(24)22-12-16-3-7-23(16)15-4-8-25-9-5-15/h1-2,6,10-11,15-16H,3-5,7-9,12H2,(H,22,24)/t16-/m1/s1. The van der Waals surface area contributed by atoms with E-state index >= 15 is 0 Å². The largest absolute Gasteiger partial charge is 0.381 e. The molecule has 1 aromatic carbocycles. The van der Waals surface area contributed by atoms with Crippen molar-refractivity contribution in [1.82, 2.24) is 15.2 Å². The van der Waals surface area contributed by atoms with Gasteiger partial charge in [0.05, 0.1) is 0 Å². The summed E-state index contributed by atoms with van der Waals surface area (Å²) in [6.07, 6.45) is 4.76. The van der Waals surface area contributed by atoms with E-state index in [-0.39, 0.29) is 5.91 Å². The van der Waals surface area contributed by atoms with E-state index in [2.05, 4.69) is 15.2 Å². The molecular formula is C19H22FN3O2. The van der Waals surface area contributed by atoms with Crippen molar-refractivity contribution in [1.29, 1.82) is 0 Å². The number of carbonyl (C=O) groups is 1. The number of benzene rings is 1. The molecule has 2 aliphatic heterocycles. The maximum atomic E-state index is 14.1. The molecule has 0 unspecified atom stereocenters. The van der Waals surface area contributed by atoms with Crippen molar-refractivity contribution in [2.45, 2.75) is 31.3 Å². The zero-order chi connectivity index (χ0) is 17.2. The molecule has 132 valence electrons. The number of ether oxygens (including phenoxy) is 1. The van der Waals surface area contributed by atoms with E-state index in [1.54, 1.807) is 24.4 Å². The van der Waals surface area contributed by atoms with E-state index in [0.717, 1.165) is 39.0 Å². The van der Waals surface area contributed by atoms with Crippen molar-refractivity contribution < 1.29 is 13.9 Å². The number of fused-ring (bicyclic) bond motifs is 1. The van der Waals surface area contributed by atoms with E-state index in [1.165, 1.54) is 6.07 Å². The number of carbonyl (C=O) groups excluding carboxylic acids is 1. The van der Waals surface area contributed by atoms with Crippen LogP contribution in [0.5, 0.6) is 0 Å². The van der Waals surface area contributed by atoms with Gasteiger partial charge in [0.1, 0.15) is 11.3 Å². The maximum Gasteiger partial charge on any atom is 0.251 e. The third-order valence-electron chi connectivity index (χ3n) is 5.27. The number of amides is 1. The lowest BCUT2D eigenvalue weighted by atomic mass is 9.95. The monoisotopic (exact) mass is 343 g/mol. The van der Waals surface area contributed by atoms with E-state index in [9.17, 15) is 9.18 Å². The van der Waals surface area contributed by atoms with Gasteiger partial charge in [-0.2, -0.15) is 0 Å². The second kappa shape index (κ2) is 7.06. The van der Waals surface area contributed by atoms with E-state index in [4.69, 9.17) is 4.74 Å². The molecule has 2 aromatic rings. The molecule has 2 saturated heterocycles. The number of halogens is 1. The molecule has 0 bridgehead atoms. The van der Waals surface area contributed by atoms with Crippen LogP contribution in [0.15, 0.2) is 30.5 Å². The molecule has 0 spiro atoms. The number of nitrogens with zero attached hydrogens (tertiary/aromatic N) is 2. The molecule has 0 saturated carbocycles. The molecule has 4 rings (SSSR count). The van der Waals surface area contributed by atoms with Crippen LogP contribution in [-0.2, 0) is 4.74 Å². The lowest BCUT2D eigenvalue weighted by Gasteiger charge is -2.47. The minimum atomic E-state index is -0.462. The van der Waals surface area contributed by atoms with Gasteiger partial charge in [0.25, 0.3) is 5.91 Å². The van der Waals surface area contributed by atoms with Gasteiger partial charge < -0.3 is 10.1 Å². The van der Waals surface area contributed by atoms with Crippen molar-refractivity contribution in [3.8, 4) is 0 Å².